The van der Waals surface area contributed by atoms with Crippen molar-refractivity contribution in [2.24, 2.45) is 0 Å². The maximum absolute atomic E-state index is 12.4. The van der Waals surface area contributed by atoms with Crippen LogP contribution in [0.25, 0.3) is 6.08 Å². The predicted molar refractivity (Wildman–Crippen MR) is 98.1 cm³/mol. The number of ether oxygens (including phenoxy) is 1. The van der Waals surface area contributed by atoms with Crippen LogP contribution < -0.4 is 10.1 Å². The van der Waals surface area contributed by atoms with Gasteiger partial charge in [0.05, 0.1) is 4.90 Å². The highest BCUT2D eigenvalue weighted by atomic mass is 32.2. The lowest BCUT2D eigenvalue weighted by molar-refractivity contribution is -0.111. The number of anilines is 1. The smallest absolute Gasteiger partial charge is 0.387 e. The summed E-state index contributed by atoms with van der Waals surface area (Å²) in [5.41, 5.74) is 0.708. The second kappa shape index (κ2) is 8.74. The summed E-state index contributed by atoms with van der Waals surface area (Å²) in [5.74, 6) is -0.556. The van der Waals surface area contributed by atoms with Crippen molar-refractivity contribution in [3.8, 4) is 5.75 Å². The molecule has 0 spiro atoms. The first-order valence-electron chi connectivity index (χ1n) is 7.75. The van der Waals surface area contributed by atoms with Gasteiger partial charge in [0, 0.05) is 31.4 Å². The normalized spacial score (nSPS) is 11.9. The number of benzene rings is 2. The summed E-state index contributed by atoms with van der Waals surface area (Å²) in [6, 6.07) is 11.7. The van der Waals surface area contributed by atoms with Crippen molar-refractivity contribution in [2.75, 3.05) is 19.4 Å². The van der Waals surface area contributed by atoms with E-state index in [0.717, 1.165) is 10.4 Å². The van der Waals surface area contributed by atoms with Crippen molar-refractivity contribution in [1.29, 1.82) is 0 Å². The number of halogens is 2. The van der Waals surface area contributed by atoms with Crippen LogP contribution in [-0.4, -0.2) is 39.3 Å². The van der Waals surface area contributed by atoms with E-state index >= 15 is 0 Å². The molecule has 0 atom stereocenters. The standard InChI is InChI=1S/C18H18F2N2O4S/c1-22(2)27(24,25)15-10-8-14(9-11-15)21-17(23)12-7-13-5-3-4-6-16(13)26-18(19)20/h3-12,18H,1-2H3,(H,21,23)/b12-7+. The van der Waals surface area contributed by atoms with Crippen LogP contribution in [0, 0.1) is 0 Å². The van der Waals surface area contributed by atoms with Crippen LogP contribution in [0.3, 0.4) is 0 Å². The highest BCUT2D eigenvalue weighted by molar-refractivity contribution is 7.89. The molecule has 0 aliphatic heterocycles. The Morgan fingerprint density at radius 1 is 1.11 bits per heavy atom. The van der Waals surface area contributed by atoms with Crippen LogP contribution >= 0.6 is 0 Å². The Morgan fingerprint density at radius 2 is 1.74 bits per heavy atom. The van der Waals surface area contributed by atoms with E-state index in [1.807, 2.05) is 0 Å². The molecule has 2 aromatic carbocycles. The maximum Gasteiger partial charge on any atom is 0.387 e. The van der Waals surface area contributed by atoms with E-state index in [2.05, 4.69) is 10.1 Å². The highest BCUT2D eigenvalue weighted by Crippen LogP contribution is 2.22. The number of alkyl halides is 2. The van der Waals surface area contributed by atoms with Gasteiger partial charge in [0.2, 0.25) is 15.9 Å². The van der Waals surface area contributed by atoms with Gasteiger partial charge in [-0.3, -0.25) is 4.79 Å². The van der Waals surface area contributed by atoms with E-state index in [1.165, 1.54) is 56.6 Å². The molecular weight excluding hydrogens is 378 g/mol. The van der Waals surface area contributed by atoms with E-state index < -0.39 is 22.5 Å². The quantitative estimate of drug-likeness (QED) is 0.730. The zero-order chi connectivity index (χ0) is 20.0. The molecule has 0 heterocycles. The second-order valence-corrected chi connectivity index (χ2v) is 7.70. The molecule has 0 fully saturated rings. The lowest BCUT2D eigenvalue weighted by Crippen LogP contribution is -2.22. The molecule has 2 rings (SSSR count). The van der Waals surface area contributed by atoms with E-state index in [0.29, 0.717) is 11.3 Å². The fourth-order valence-corrected chi connectivity index (χ4v) is 2.99. The highest BCUT2D eigenvalue weighted by Gasteiger charge is 2.16. The molecule has 0 saturated carbocycles. The van der Waals surface area contributed by atoms with E-state index in [1.54, 1.807) is 12.1 Å². The first-order valence-corrected chi connectivity index (χ1v) is 9.19. The fraction of sp³-hybridized carbons (Fsp3) is 0.167. The molecule has 144 valence electrons. The SMILES string of the molecule is CN(C)S(=O)(=O)c1ccc(NC(=O)/C=C/c2ccccc2OC(F)F)cc1. The first-order chi connectivity index (χ1) is 12.7. The van der Waals surface area contributed by atoms with Crippen LogP contribution in [0.15, 0.2) is 59.5 Å². The number of nitrogens with zero attached hydrogens (tertiary/aromatic N) is 1. The molecule has 0 bridgehead atoms. The Kier molecular flexibility index (Phi) is 6.65. The molecule has 1 N–H and O–H groups in total. The molecule has 27 heavy (non-hydrogen) atoms. The Hall–Kier alpha value is -2.78. The Labute approximate surface area is 156 Å². The predicted octanol–water partition coefficient (Wildman–Crippen LogP) is 3.19. The lowest BCUT2D eigenvalue weighted by Gasteiger charge is -2.11. The first kappa shape index (κ1) is 20.5. The van der Waals surface area contributed by atoms with Crippen molar-refractivity contribution >= 4 is 27.7 Å². The topological polar surface area (TPSA) is 75.7 Å². The number of para-hydroxylation sites is 1. The third-order valence-corrected chi connectivity index (χ3v) is 5.28. The van der Waals surface area contributed by atoms with Crippen LogP contribution in [0.4, 0.5) is 14.5 Å². The van der Waals surface area contributed by atoms with Crippen LogP contribution in [0.2, 0.25) is 0 Å². The molecule has 0 unspecified atom stereocenters. The van der Waals surface area contributed by atoms with Crippen molar-refractivity contribution in [1.82, 2.24) is 4.31 Å². The van der Waals surface area contributed by atoms with Crippen molar-refractivity contribution in [3.05, 3.63) is 60.2 Å². The van der Waals surface area contributed by atoms with Gasteiger partial charge in [-0.25, -0.2) is 12.7 Å². The van der Waals surface area contributed by atoms with Crippen molar-refractivity contribution in [2.45, 2.75) is 11.5 Å². The minimum atomic E-state index is -3.55. The zero-order valence-electron chi connectivity index (χ0n) is 14.6. The molecule has 0 saturated heterocycles. The summed E-state index contributed by atoms with van der Waals surface area (Å²) in [5, 5.41) is 2.56. The molecular formula is C18H18F2N2O4S. The number of rotatable bonds is 7. The van der Waals surface area contributed by atoms with Gasteiger partial charge in [-0.2, -0.15) is 8.78 Å². The third-order valence-electron chi connectivity index (χ3n) is 3.45. The molecule has 2 aromatic rings. The molecule has 1 amide bonds. The minimum absolute atomic E-state index is 0.0465. The maximum atomic E-state index is 12.4. The summed E-state index contributed by atoms with van der Waals surface area (Å²) < 4.78 is 54.2. The average molecular weight is 396 g/mol. The number of hydrogen-bond donors (Lipinski definition) is 1. The van der Waals surface area contributed by atoms with Crippen LogP contribution in [0.5, 0.6) is 5.75 Å². The second-order valence-electron chi connectivity index (χ2n) is 5.55. The van der Waals surface area contributed by atoms with E-state index in [9.17, 15) is 22.0 Å². The number of nitrogens with one attached hydrogen (secondary N) is 1. The summed E-state index contributed by atoms with van der Waals surface area (Å²) in [7, 11) is -0.708. The Balaban J connectivity index is 2.07. The number of amides is 1. The van der Waals surface area contributed by atoms with Gasteiger partial charge >= 0.3 is 6.61 Å². The van der Waals surface area contributed by atoms with Crippen LogP contribution in [0.1, 0.15) is 5.56 Å². The van der Waals surface area contributed by atoms with Crippen molar-refractivity contribution < 1.29 is 26.7 Å². The Morgan fingerprint density at radius 3 is 2.33 bits per heavy atom. The monoisotopic (exact) mass is 396 g/mol. The average Bonchev–Trinajstić information content (AvgIpc) is 2.61. The van der Waals surface area contributed by atoms with Gasteiger partial charge in [0.15, 0.2) is 0 Å². The number of carbonyl (C=O) groups excluding carboxylic acids is 1. The number of sulfonamides is 1. The molecule has 6 nitrogen and oxygen atoms in total. The fourth-order valence-electron chi connectivity index (χ4n) is 2.09. The molecule has 9 heteroatoms. The van der Waals surface area contributed by atoms with Gasteiger partial charge in [0.1, 0.15) is 5.75 Å². The summed E-state index contributed by atoms with van der Waals surface area (Å²) in [6.45, 7) is -2.97. The summed E-state index contributed by atoms with van der Waals surface area (Å²) >= 11 is 0. The van der Waals surface area contributed by atoms with Crippen LogP contribution in [-0.2, 0) is 14.8 Å². The molecule has 0 aromatic heterocycles. The molecule has 0 aliphatic rings. The minimum Gasteiger partial charge on any atom is -0.434 e. The third kappa shape index (κ3) is 5.60. The van der Waals surface area contributed by atoms with E-state index in [4.69, 9.17) is 0 Å². The van der Waals surface area contributed by atoms with Gasteiger partial charge in [-0.1, -0.05) is 18.2 Å². The molecule has 0 aliphatic carbocycles. The largest absolute Gasteiger partial charge is 0.434 e. The zero-order valence-corrected chi connectivity index (χ0v) is 15.4. The summed E-state index contributed by atoms with van der Waals surface area (Å²) in [4.78, 5) is 12.1. The van der Waals surface area contributed by atoms with Gasteiger partial charge < -0.3 is 10.1 Å². The van der Waals surface area contributed by atoms with Gasteiger partial charge in [-0.05, 0) is 36.4 Å². The summed E-state index contributed by atoms with van der Waals surface area (Å²) in [6.07, 6.45) is 2.51. The van der Waals surface area contributed by atoms with Crippen molar-refractivity contribution in [3.63, 3.8) is 0 Å². The Bertz CT molecular complexity index is 927. The van der Waals surface area contributed by atoms with Gasteiger partial charge in [0.25, 0.3) is 0 Å². The number of hydrogen-bond acceptors (Lipinski definition) is 4. The molecule has 0 radical (unpaired) electrons. The van der Waals surface area contributed by atoms with E-state index in [-0.39, 0.29) is 10.6 Å². The van der Waals surface area contributed by atoms with Gasteiger partial charge in [-0.15, -0.1) is 0 Å². The lowest BCUT2D eigenvalue weighted by atomic mass is 10.2. The number of carbonyl (C=O) groups is 1.